The molecule has 1 amide bonds. The zero-order chi connectivity index (χ0) is 27.5. The van der Waals surface area contributed by atoms with Gasteiger partial charge in [-0.3, -0.25) is 9.59 Å². The zero-order valence-electron chi connectivity index (χ0n) is 21.7. The largest absolute Gasteiger partial charge is 0.407 e. The monoisotopic (exact) mass is 519 g/mol. The highest BCUT2D eigenvalue weighted by atomic mass is 19.1. The number of nitrogens with zero attached hydrogens (tertiary/aromatic N) is 2. The molecule has 0 atom stereocenters. The number of carbonyl (C=O) groups is 2. The topological polar surface area (TPSA) is 73.2 Å². The highest BCUT2D eigenvalue weighted by Crippen LogP contribution is 2.41. The molecule has 0 unspecified atom stereocenters. The molecule has 7 heteroatoms. The summed E-state index contributed by atoms with van der Waals surface area (Å²) in [4.78, 5) is 24.9. The minimum absolute atomic E-state index is 0.220. The number of anilines is 1. The Bertz CT molecular complexity index is 1690. The molecular weight excluding hydrogens is 493 g/mol. The summed E-state index contributed by atoms with van der Waals surface area (Å²) in [6.45, 7) is 5.33. The summed E-state index contributed by atoms with van der Waals surface area (Å²) < 4.78 is 21.0. The number of benzene rings is 4. The van der Waals surface area contributed by atoms with E-state index in [1.807, 2.05) is 74.5 Å². The maximum Gasteiger partial charge on any atom is 0.309 e. The lowest BCUT2D eigenvalue weighted by molar-refractivity contribution is -0.132. The maximum atomic E-state index is 13.6. The van der Waals surface area contributed by atoms with Crippen molar-refractivity contribution in [1.29, 1.82) is 0 Å². The quantitative estimate of drug-likeness (QED) is 0.242. The molecule has 0 aliphatic heterocycles. The molecule has 4 aromatic carbocycles. The van der Waals surface area contributed by atoms with Crippen LogP contribution in [0.15, 0.2) is 97.1 Å². The summed E-state index contributed by atoms with van der Waals surface area (Å²) >= 11 is 0. The lowest BCUT2D eigenvalue weighted by Crippen LogP contribution is -2.12. The first-order valence-corrected chi connectivity index (χ1v) is 12.4. The van der Waals surface area contributed by atoms with Crippen LogP contribution in [0.5, 0.6) is 5.88 Å². The van der Waals surface area contributed by atoms with Gasteiger partial charge in [-0.05, 0) is 67.4 Å². The van der Waals surface area contributed by atoms with Crippen molar-refractivity contribution in [3.05, 3.63) is 120 Å². The predicted octanol–water partition coefficient (Wildman–Crippen LogP) is 7.14. The Morgan fingerprint density at radius 2 is 1.59 bits per heavy atom. The number of ether oxygens (including phenoxy) is 1. The van der Waals surface area contributed by atoms with Crippen molar-refractivity contribution in [3.8, 4) is 34.0 Å². The average molecular weight is 520 g/mol. The Morgan fingerprint density at radius 1 is 0.846 bits per heavy atom. The molecule has 5 rings (SSSR count). The Hall–Kier alpha value is -5.04. The second-order valence-corrected chi connectivity index (χ2v) is 9.23. The van der Waals surface area contributed by atoms with Crippen LogP contribution in [0.2, 0.25) is 0 Å². The van der Waals surface area contributed by atoms with Crippen molar-refractivity contribution >= 4 is 17.6 Å². The molecule has 194 valence electrons. The molecule has 0 saturated carbocycles. The Morgan fingerprint density at radius 3 is 2.28 bits per heavy atom. The minimum Gasteiger partial charge on any atom is -0.407 e. The van der Waals surface area contributed by atoms with Gasteiger partial charge in [-0.1, -0.05) is 60.2 Å². The van der Waals surface area contributed by atoms with E-state index in [1.54, 1.807) is 22.9 Å². The zero-order valence-corrected chi connectivity index (χ0v) is 21.7. The molecule has 1 aromatic heterocycles. The summed E-state index contributed by atoms with van der Waals surface area (Å²) in [5.74, 6) is -1.08. The van der Waals surface area contributed by atoms with Crippen molar-refractivity contribution in [3.63, 3.8) is 0 Å². The molecule has 1 N–H and O–H groups in total. The third kappa shape index (κ3) is 5.48. The van der Waals surface area contributed by atoms with Crippen LogP contribution in [0.1, 0.15) is 28.4 Å². The van der Waals surface area contributed by atoms with Gasteiger partial charge < -0.3 is 10.1 Å². The van der Waals surface area contributed by atoms with Crippen LogP contribution in [-0.2, 0) is 4.79 Å². The highest BCUT2D eigenvalue weighted by Gasteiger charge is 2.25. The molecule has 0 aliphatic rings. The van der Waals surface area contributed by atoms with Gasteiger partial charge in [-0.25, -0.2) is 4.39 Å². The maximum absolute atomic E-state index is 13.6. The molecule has 0 spiro atoms. The highest BCUT2D eigenvalue weighted by molar-refractivity contribution is 6.04. The Balaban J connectivity index is 1.62. The summed E-state index contributed by atoms with van der Waals surface area (Å²) in [7, 11) is 0. The van der Waals surface area contributed by atoms with Gasteiger partial charge in [0.25, 0.3) is 5.91 Å². The van der Waals surface area contributed by atoms with Crippen molar-refractivity contribution in [2.75, 3.05) is 5.32 Å². The van der Waals surface area contributed by atoms with Gasteiger partial charge in [-0.15, -0.1) is 0 Å². The van der Waals surface area contributed by atoms with Crippen LogP contribution in [-0.4, -0.2) is 21.7 Å². The first-order chi connectivity index (χ1) is 18.8. The number of hydrogen-bond donors (Lipinski definition) is 1. The van der Waals surface area contributed by atoms with Crippen LogP contribution in [0.4, 0.5) is 10.1 Å². The normalized spacial score (nSPS) is 10.8. The van der Waals surface area contributed by atoms with Gasteiger partial charge >= 0.3 is 5.97 Å². The third-order valence-electron chi connectivity index (χ3n) is 6.24. The van der Waals surface area contributed by atoms with Crippen LogP contribution >= 0.6 is 0 Å². The van der Waals surface area contributed by atoms with Crippen LogP contribution in [0.25, 0.3) is 28.1 Å². The minimum atomic E-state index is -0.481. The van der Waals surface area contributed by atoms with Crippen molar-refractivity contribution in [2.45, 2.75) is 20.8 Å². The van der Waals surface area contributed by atoms with Gasteiger partial charge in [0, 0.05) is 23.7 Å². The van der Waals surface area contributed by atoms with Crippen LogP contribution in [0.3, 0.4) is 0 Å². The van der Waals surface area contributed by atoms with Gasteiger partial charge in [0.15, 0.2) is 0 Å². The van der Waals surface area contributed by atoms with E-state index in [0.29, 0.717) is 22.8 Å². The number of halogens is 1. The molecular formula is C32H26FN3O3. The average Bonchev–Trinajstić information content (AvgIpc) is 3.27. The fourth-order valence-electron chi connectivity index (χ4n) is 4.41. The summed E-state index contributed by atoms with van der Waals surface area (Å²) in [5, 5.41) is 7.73. The van der Waals surface area contributed by atoms with Gasteiger partial charge in [0.05, 0.1) is 11.3 Å². The van der Waals surface area contributed by atoms with Crippen molar-refractivity contribution < 1.29 is 18.7 Å². The number of esters is 1. The molecule has 0 aliphatic carbocycles. The van der Waals surface area contributed by atoms with Gasteiger partial charge in [-0.2, -0.15) is 9.78 Å². The van der Waals surface area contributed by atoms with E-state index < -0.39 is 17.7 Å². The van der Waals surface area contributed by atoms with E-state index >= 15 is 0 Å². The van der Waals surface area contributed by atoms with E-state index in [9.17, 15) is 14.0 Å². The number of amides is 1. The summed E-state index contributed by atoms with van der Waals surface area (Å²) in [6.07, 6.45) is 0. The van der Waals surface area contributed by atoms with Gasteiger partial charge in [0.1, 0.15) is 11.5 Å². The molecule has 0 bridgehead atoms. The van der Waals surface area contributed by atoms with E-state index in [1.165, 1.54) is 25.1 Å². The summed E-state index contributed by atoms with van der Waals surface area (Å²) in [6, 6.07) is 28.3. The first-order valence-electron chi connectivity index (χ1n) is 12.4. The number of nitrogens with one attached hydrogen (secondary N) is 1. The third-order valence-corrected chi connectivity index (χ3v) is 6.24. The molecule has 1 heterocycles. The summed E-state index contributed by atoms with van der Waals surface area (Å²) in [5.41, 5.74) is 6.47. The smallest absolute Gasteiger partial charge is 0.309 e. The standard InChI is InChI=1S/C32H26FN3O3/c1-20-8-6-10-24(18-20)30-29(32(39-22(3)37)36(35-30)28-13-5-4-9-21(28)2)23-14-16-27(17-15-23)34-31(38)25-11-7-12-26(33)19-25/h4-19H,1-3H3,(H,34,38). The molecule has 0 fully saturated rings. The second-order valence-electron chi connectivity index (χ2n) is 9.23. The van der Waals surface area contributed by atoms with E-state index in [-0.39, 0.29) is 5.56 Å². The lowest BCUT2D eigenvalue weighted by Gasteiger charge is -2.12. The molecule has 39 heavy (non-hydrogen) atoms. The predicted molar refractivity (Wildman–Crippen MR) is 150 cm³/mol. The van der Waals surface area contributed by atoms with Crippen molar-refractivity contribution in [2.24, 2.45) is 0 Å². The molecule has 0 radical (unpaired) electrons. The van der Waals surface area contributed by atoms with Crippen molar-refractivity contribution in [1.82, 2.24) is 9.78 Å². The molecule has 0 saturated heterocycles. The molecule has 5 aromatic rings. The Labute approximate surface area is 225 Å². The molecule has 6 nitrogen and oxygen atoms in total. The number of para-hydroxylation sites is 1. The number of aromatic nitrogens is 2. The number of aryl methyl sites for hydroxylation is 2. The van der Waals surface area contributed by atoms with Crippen LogP contribution in [0, 0.1) is 19.7 Å². The lowest BCUT2D eigenvalue weighted by atomic mass is 10.00. The van der Waals surface area contributed by atoms with Crippen LogP contribution < -0.4 is 10.1 Å². The fourth-order valence-corrected chi connectivity index (χ4v) is 4.41. The van der Waals surface area contributed by atoms with Gasteiger partial charge in [0.2, 0.25) is 5.88 Å². The number of carbonyl (C=O) groups excluding carboxylic acids is 2. The van der Waals surface area contributed by atoms with E-state index in [0.717, 1.165) is 27.9 Å². The number of rotatable bonds is 6. The number of hydrogen-bond acceptors (Lipinski definition) is 4. The SMILES string of the molecule is CC(=O)Oc1c(-c2ccc(NC(=O)c3cccc(F)c3)cc2)c(-c2cccc(C)c2)nn1-c1ccccc1C. The fraction of sp³-hybridized carbons (Fsp3) is 0.0938. The van der Waals surface area contributed by atoms with E-state index in [2.05, 4.69) is 5.32 Å². The first kappa shape index (κ1) is 25.6. The Kier molecular flexibility index (Phi) is 7.06. The van der Waals surface area contributed by atoms with E-state index in [4.69, 9.17) is 9.84 Å². The second kappa shape index (κ2) is 10.8.